The van der Waals surface area contributed by atoms with Crippen LogP contribution in [-0.4, -0.2) is 24.8 Å². The van der Waals surface area contributed by atoms with Crippen LogP contribution in [-0.2, 0) is 0 Å². The second-order valence-electron chi connectivity index (χ2n) is 2.91. The molecule has 1 saturated heterocycles. The van der Waals surface area contributed by atoms with E-state index in [2.05, 4.69) is 11.8 Å². The Bertz CT molecular complexity index is 160. The first-order valence-corrected chi connectivity index (χ1v) is 4.07. The molecule has 0 aromatic carbocycles. The Morgan fingerprint density at radius 1 is 1.45 bits per heavy atom. The van der Waals surface area contributed by atoms with E-state index < -0.39 is 0 Å². The normalized spacial score (nSPS) is 20.9. The van der Waals surface area contributed by atoms with Gasteiger partial charge in [-0.3, -0.25) is 4.90 Å². The van der Waals surface area contributed by atoms with E-state index >= 15 is 0 Å². The fraction of sp³-hybridized carbons (Fsp3) is 0.778. The van der Waals surface area contributed by atoms with E-state index in [1.807, 2.05) is 11.8 Å². The van der Waals surface area contributed by atoms with Crippen molar-refractivity contribution in [2.45, 2.75) is 19.8 Å². The molecule has 0 spiro atoms. The van der Waals surface area contributed by atoms with E-state index in [-0.39, 0.29) is 6.80 Å². The standard InChI is InChI=1S/C9H14FN/c1-2-3-9-4-6-11(8-10)7-5-9/h9H,4-8H2,1H3. The topological polar surface area (TPSA) is 3.24 Å². The van der Waals surface area contributed by atoms with Gasteiger partial charge in [-0.25, -0.2) is 4.39 Å². The van der Waals surface area contributed by atoms with Crippen molar-refractivity contribution in [3.8, 4) is 11.8 Å². The quantitative estimate of drug-likeness (QED) is 0.411. The highest BCUT2D eigenvalue weighted by Crippen LogP contribution is 2.15. The lowest BCUT2D eigenvalue weighted by Crippen LogP contribution is -2.32. The number of hydrogen-bond acceptors (Lipinski definition) is 1. The summed E-state index contributed by atoms with van der Waals surface area (Å²) in [4.78, 5) is 1.83. The Morgan fingerprint density at radius 3 is 2.55 bits per heavy atom. The van der Waals surface area contributed by atoms with Gasteiger partial charge in [0, 0.05) is 19.0 Å². The molecule has 1 nitrogen and oxygen atoms in total. The van der Waals surface area contributed by atoms with Gasteiger partial charge in [-0.2, -0.15) is 0 Å². The van der Waals surface area contributed by atoms with Crippen LogP contribution in [0.15, 0.2) is 0 Å². The molecule has 0 amide bonds. The molecule has 0 N–H and O–H groups in total. The molecule has 1 fully saturated rings. The third-order valence-electron chi connectivity index (χ3n) is 2.11. The second kappa shape index (κ2) is 4.35. The monoisotopic (exact) mass is 155 g/mol. The molecule has 0 aliphatic carbocycles. The minimum Gasteiger partial charge on any atom is -0.276 e. The maximum atomic E-state index is 12.1. The van der Waals surface area contributed by atoms with Crippen LogP contribution in [0.3, 0.4) is 0 Å². The summed E-state index contributed by atoms with van der Waals surface area (Å²) < 4.78 is 12.1. The minimum absolute atomic E-state index is 0.299. The van der Waals surface area contributed by atoms with Crippen LogP contribution in [0.5, 0.6) is 0 Å². The summed E-state index contributed by atoms with van der Waals surface area (Å²) in [7, 11) is 0. The average Bonchev–Trinajstić information content (AvgIpc) is 2.07. The lowest BCUT2D eigenvalue weighted by atomic mass is 9.98. The molecule has 2 heteroatoms. The summed E-state index contributed by atoms with van der Waals surface area (Å²) in [6.07, 6.45) is 2.06. The van der Waals surface area contributed by atoms with Crippen LogP contribution >= 0.6 is 0 Å². The van der Waals surface area contributed by atoms with Crippen molar-refractivity contribution in [3.63, 3.8) is 0 Å². The van der Waals surface area contributed by atoms with Crippen molar-refractivity contribution < 1.29 is 4.39 Å². The fourth-order valence-electron chi connectivity index (χ4n) is 1.40. The van der Waals surface area contributed by atoms with Gasteiger partial charge in [-0.15, -0.1) is 11.8 Å². The summed E-state index contributed by atoms with van der Waals surface area (Å²) in [5, 5.41) is 0. The Balaban J connectivity index is 2.28. The molecule has 0 aromatic rings. The number of alkyl halides is 1. The second-order valence-corrected chi connectivity index (χ2v) is 2.91. The highest BCUT2D eigenvalue weighted by Gasteiger charge is 2.16. The van der Waals surface area contributed by atoms with Gasteiger partial charge >= 0.3 is 0 Å². The Morgan fingerprint density at radius 2 is 2.09 bits per heavy atom. The van der Waals surface area contributed by atoms with Gasteiger partial charge in [0.2, 0.25) is 0 Å². The van der Waals surface area contributed by atoms with Crippen LogP contribution in [0.1, 0.15) is 19.8 Å². The van der Waals surface area contributed by atoms with Crippen LogP contribution in [0.4, 0.5) is 4.39 Å². The molecule has 62 valence electrons. The number of piperidine rings is 1. The van der Waals surface area contributed by atoms with Gasteiger partial charge < -0.3 is 0 Å². The molecule has 0 saturated carbocycles. The van der Waals surface area contributed by atoms with Crippen molar-refractivity contribution in [1.82, 2.24) is 4.90 Å². The molecule has 1 aliphatic rings. The molecular weight excluding hydrogens is 141 g/mol. The molecular formula is C9H14FN. The zero-order chi connectivity index (χ0) is 8.10. The highest BCUT2D eigenvalue weighted by atomic mass is 19.1. The molecule has 0 aromatic heterocycles. The molecule has 0 unspecified atom stereocenters. The Labute approximate surface area is 67.6 Å². The number of halogens is 1. The highest BCUT2D eigenvalue weighted by molar-refractivity contribution is 5.02. The number of rotatable bonds is 1. The van der Waals surface area contributed by atoms with Gasteiger partial charge in [0.1, 0.15) is 6.80 Å². The Hall–Kier alpha value is -0.550. The van der Waals surface area contributed by atoms with Crippen molar-refractivity contribution in [1.29, 1.82) is 0 Å². The van der Waals surface area contributed by atoms with E-state index in [0.717, 1.165) is 25.9 Å². The average molecular weight is 155 g/mol. The number of hydrogen-bond donors (Lipinski definition) is 0. The van der Waals surface area contributed by atoms with E-state index in [1.54, 1.807) is 0 Å². The van der Waals surface area contributed by atoms with Crippen molar-refractivity contribution in [3.05, 3.63) is 0 Å². The molecule has 0 bridgehead atoms. The molecule has 1 heterocycles. The van der Waals surface area contributed by atoms with Gasteiger partial charge in [-0.05, 0) is 19.8 Å². The summed E-state index contributed by atoms with van der Waals surface area (Å²) in [5.74, 6) is 6.55. The van der Waals surface area contributed by atoms with Crippen LogP contribution in [0.2, 0.25) is 0 Å². The van der Waals surface area contributed by atoms with Gasteiger partial charge in [0.15, 0.2) is 0 Å². The molecule has 11 heavy (non-hydrogen) atoms. The lowest BCUT2D eigenvalue weighted by molar-refractivity contribution is 0.143. The first-order chi connectivity index (χ1) is 5.36. The fourth-order valence-corrected chi connectivity index (χ4v) is 1.40. The maximum absolute atomic E-state index is 12.1. The molecule has 1 aliphatic heterocycles. The zero-order valence-corrected chi connectivity index (χ0v) is 6.94. The summed E-state index contributed by atoms with van der Waals surface area (Å²) in [5.41, 5.74) is 0. The SMILES string of the molecule is CC#CC1CCN(CF)CC1. The van der Waals surface area contributed by atoms with Crippen molar-refractivity contribution in [2.75, 3.05) is 19.9 Å². The summed E-state index contributed by atoms with van der Waals surface area (Å²) in [6.45, 7) is 3.31. The third kappa shape index (κ3) is 2.51. The zero-order valence-electron chi connectivity index (χ0n) is 6.94. The summed E-state index contributed by atoms with van der Waals surface area (Å²) in [6, 6.07) is 0. The van der Waals surface area contributed by atoms with E-state index in [9.17, 15) is 4.39 Å². The van der Waals surface area contributed by atoms with Gasteiger partial charge in [-0.1, -0.05) is 0 Å². The summed E-state index contributed by atoms with van der Waals surface area (Å²) >= 11 is 0. The van der Waals surface area contributed by atoms with E-state index in [0.29, 0.717) is 5.92 Å². The predicted octanol–water partition coefficient (Wildman–Crippen LogP) is 1.65. The van der Waals surface area contributed by atoms with Gasteiger partial charge in [0.05, 0.1) is 0 Å². The van der Waals surface area contributed by atoms with Crippen LogP contribution < -0.4 is 0 Å². The third-order valence-corrected chi connectivity index (χ3v) is 2.11. The van der Waals surface area contributed by atoms with Crippen molar-refractivity contribution in [2.24, 2.45) is 5.92 Å². The Kier molecular flexibility index (Phi) is 3.38. The number of nitrogens with zero attached hydrogens (tertiary/aromatic N) is 1. The smallest absolute Gasteiger partial charge is 0.143 e. The molecule has 0 atom stereocenters. The maximum Gasteiger partial charge on any atom is 0.143 e. The van der Waals surface area contributed by atoms with Crippen LogP contribution in [0.25, 0.3) is 0 Å². The molecule has 1 rings (SSSR count). The number of likely N-dealkylation sites (tertiary alicyclic amines) is 1. The minimum atomic E-state index is -0.299. The lowest BCUT2D eigenvalue weighted by Gasteiger charge is -2.26. The molecule has 0 radical (unpaired) electrons. The van der Waals surface area contributed by atoms with Crippen LogP contribution in [0, 0.1) is 17.8 Å². The first kappa shape index (κ1) is 8.55. The van der Waals surface area contributed by atoms with Crippen molar-refractivity contribution >= 4 is 0 Å². The van der Waals surface area contributed by atoms with E-state index in [4.69, 9.17) is 0 Å². The van der Waals surface area contributed by atoms with Gasteiger partial charge in [0.25, 0.3) is 0 Å². The predicted molar refractivity (Wildman–Crippen MR) is 43.7 cm³/mol. The van der Waals surface area contributed by atoms with E-state index in [1.165, 1.54) is 0 Å². The largest absolute Gasteiger partial charge is 0.276 e. The first-order valence-electron chi connectivity index (χ1n) is 4.07.